The molecule has 0 aromatic carbocycles. The van der Waals surface area contributed by atoms with Crippen LogP contribution in [-0.2, 0) is 15.9 Å². The first-order chi connectivity index (χ1) is 11.3. The summed E-state index contributed by atoms with van der Waals surface area (Å²) in [7, 11) is 1.67. The highest BCUT2D eigenvalue weighted by Crippen LogP contribution is 2.26. The molecule has 0 radical (unpaired) electrons. The second-order valence-electron chi connectivity index (χ2n) is 6.24. The highest BCUT2D eigenvalue weighted by molar-refractivity contribution is 5.75. The molecule has 0 unspecified atom stereocenters. The van der Waals surface area contributed by atoms with Gasteiger partial charge in [-0.15, -0.1) is 0 Å². The molecule has 1 saturated heterocycles. The highest BCUT2D eigenvalue weighted by atomic mass is 16.5. The van der Waals surface area contributed by atoms with Crippen LogP contribution in [-0.4, -0.2) is 61.0 Å². The molecule has 2 fully saturated rings. The monoisotopic (exact) mass is 319 g/mol. The lowest BCUT2D eigenvalue weighted by molar-refractivity contribution is 0.00330. The van der Waals surface area contributed by atoms with Crippen LogP contribution < -0.4 is 5.32 Å². The van der Waals surface area contributed by atoms with Gasteiger partial charge in [0.05, 0.1) is 25.4 Å². The highest BCUT2D eigenvalue weighted by Gasteiger charge is 2.39. The number of urea groups is 1. The Morgan fingerprint density at radius 1 is 1.39 bits per heavy atom. The first kappa shape index (κ1) is 16.2. The molecule has 6 nitrogen and oxygen atoms in total. The SMILES string of the molecule is COCCO[C@@H]1CCN(C(=O)NC2CC2)[C@@H]1Cc1cccnc1. The average molecular weight is 319 g/mol. The van der Waals surface area contributed by atoms with Gasteiger partial charge in [-0.3, -0.25) is 4.98 Å². The molecule has 3 rings (SSSR count). The fraction of sp³-hybridized carbons (Fsp3) is 0.647. The van der Waals surface area contributed by atoms with Gasteiger partial charge in [0.1, 0.15) is 0 Å². The topological polar surface area (TPSA) is 63.7 Å². The minimum atomic E-state index is 0.0410. The second-order valence-corrected chi connectivity index (χ2v) is 6.24. The Balaban J connectivity index is 1.66. The van der Waals surface area contributed by atoms with E-state index in [-0.39, 0.29) is 18.2 Å². The molecule has 1 aromatic rings. The molecular formula is C17H25N3O3. The van der Waals surface area contributed by atoms with Crippen molar-refractivity contribution >= 4 is 6.03 Å². The number of pyridine rings is 1. The standard InChI is InChI=1S/C17H25N3O3/c1-22-9-10-23-16-6-8-20(17(21)19-14-4-5-14)15(16)11-13-3-2-7-18-12-13/h2-3,7,12,14-16H,4-6,8-11H2,1H3,(H,19,21)/t15-,16-/m1/s1. The summed E-state index contributed by atoms with van der Waals surface area (Å²) >= 11 is 0. The molecule has 1 N–H and O–H groups in total. The number of hydrogen-bond acceptors (Lipinski definition) is 4. The third-order valence-corrected chi connectivity index (χ3v) is 4.44. The molecule has 1 aromatic heterocycles. The molecule has 2 amide bonds. The normalized spacial score (nSPS) is 24.0. The zero-order valence-corrected chi connectivity index (χ0v) is 13.6. The Kier molecular flexibility index (Phi) is 5.46. The maximum absolute atomic E-state index is 12.5. The minimum Gasteiger partial charge on any atom is -0.382 e. The molecule has 126 valence electrons. The molecule has 0 bridgehead atoms. The van der Waals surface area contributed by atoms with Crippen LogP contribution in [0.5, 0.6) is 0 Å². The van der Waals surface area contributed by atoms with Gasteiger partial charge in [0.15, 0.2) is 0 Å². The van der Waals surface area contributed by atoms with Crippen molar-refractivity contribution in [3.05, 3.63) is 30.1 Å². The van der Waals surface area contributed by atoms with Crippen LogP contribution in [0.3, 0.4) is 0 Å². The third kappa shape index (κ3) is 4.42. The van der Waals surface area contributed by atoms with Crippen LogP contribution in [0, 0.1) is 0 Å². The maximum atomic E-state index is 12.5. The second kappa shape index (κ2) is 7.75. The number of nitrogens with zero attached hydrogens (tertiary/aromatic N) is 2. The lowest BCUT2D eigenvalue weighted by Crippen LogP contribution is -2.47. The van der Waals surface area contributed by atoms with Crippen LogP contribution in [0.2, 0.25) is 0 Å². The number of aromatic nitrogens is 1. The zero-order chi connectivity index (χ0) is 16.1. The van der Waals surface area contributed by atoms with Gasteiger partial charge in [-0.25, -0.2) is 4.79 Å². The molecule has 1 aliphatic heterocycles. The summed E-state index contributed by atoms with van der Waals surface area (Å²) in [5.41, 5.74) is 1.13. The molecule has 2 atom stereocenters. The van der Waals surface area contributed by atoms with E-state index in [1.807, 2.05) is 17.2 Å². The summed E-state index contributed by atoms with van der Waals surface area (Å²) in [6, 6.07) is 4.44. The summed E-state index contributed by atoms with van der Waals surface area (Å²) in [5.74, 6) is 0. The molecule has 1 aliphatic carbocycles. The average Bonchev–Trinajstić information content (AvgIpc) is 3.29. The van der Waals surface area contributed by atoms with Crippen molar-refractivity contribution in [1.82, 2.24) is 15.2 Å². The Labute approximate surface area is 137 Å². The van der Waals surface area contributed by atoms with Crippen molar-refractivity contribution in [3.63, 3.8) is 0 Å². The molecule has 0 spiro atoms. The van der Waals surface area contributed by atoms with E-state index in [0.29, 0.717) is 19.3 Å². The van der Waals surface area contributed by atoms with Gasteiger partial charge in [0.25, 0.3) is 0 Å². The number of hydrogen-bond donors (Lipinski definition) is 1. The summed E-state index contributed by atoms with van der Waals surface area (Å²) in [4.78, 5) is 18.6. The van der Waals surface area contributed by atoms with E-state index in [4.69, 9.17) is 9.47 Å². The lowest BCUT2D eigenvalue weighted by atomic mass is 10.0. The number of carbonyl (C=O) groups excluding carboxylic acids is 1. The van der Waals surface area contributed by atoms with E-state index in [0.717, 1.165) is 37.8 Å². The van der Waals surface area contributed by atoms with E-state index in [2.05, 4.69) is 16.4 Å². The number of nitrogens with one attached hydrogen (secondary N) is 1. The number of methoxy groups -OCH3 is 1. The van der Waals surface area contributed by atoms with Crippen molar-refractivity contribution in [2.45, 2.75) is 43.9 Å². The summed E-state index contributed by atoms with van der Waals surface area (Å²) < 4.78 is 11.0. The summed E-state index contributed by atoms with van der Waals surface area (Å²) in [6.45, 7) is 1.87. The first-order valence-corrected chi connectivity index (χ1v) is 8.34. The maximum Gasteiger partial charge on any atom is 0.317 e. The van der Waals surface area contributed by atoms with Gasteiger partial charge < -0.3 is 19.7 Å². The van der Waals surface area contributed by atoms with Crippen LogP contribution in [0.1, 0.15) is 24.8 Å². The van der Waals surface area contributed by atoms with Gasteiger partial charge in [0.2, 0.25) is 0 Å². The van der Waals surface area contributed by atoms with Crippen LogP contribution in [0.25, 0.3) is 0 Å². The van der Waals surface area contributed by atoms with Gasteiger partial charge >= 0.3 is 6.03 Å². The van der Waals surface area contributed by atoms with Crippen LogP contribution in [0.4, 0.5) is 4.79 Å². The van der Waals surface area contributed by atoms with Gasteiger partial charge in [-0.05, 0) is 37.3 Å². The Morgan fingerprint density at radius 2 is 2.26 bits per heavy atom. The molecule has 1 saturated carbocycles. The predicted molar refractivity (Wildman–Crippen MR) is 86.2 cm³/mol. The van der Waals surface area contributed by atoms with Crippen molar-refractivity contribution in [2.24, 2.45) is 0 Å². The van der Waals surface area contributed by atoms with Crippen molar-refractivity contribution in [1.29, 1.82) is 0 Å². The predicted octanol–water partition coefficient (Wildman–Crippen LogP) is 1.60. The molecule has 23 heavy (non-hydrogen) atoms. The first-order valence-electron chi connectivity index (χ1n) is 8.34. The van der Waals surface area contributed by atoms with Crippen LogP contribution in [0.15, 0.2) is 24.5 Å². The van der Waals surface area contributed by atoms with Crippen molar-refractivity contribution < 1.29 is 14.3 Å². The van der Waals surface area contributed by atoms with Gasteiger partial charge in [-0.1, -0.05) is 6.07 Å². The zero-order valence-electron chi connectivity index (χ0n) is 13.6. The van der Waals surface area contributed by atoms with E-state index in [9.17, 15) is 4.79 Å². The van der Waals surface area contributed by atoms with E-state index >= 15 is 0 Å². The Hall–Kier alpha value is -1.66. The van der Waals surface area contributed by atoms with Crippen molar-refractivity contribution in [2.75, 3.05) is 26.9 Å². The number of carbonyl (C=O) groups is 1. The lowest BCUT2D eigenvalue weighted by Gasteiger charge is -2.28. The number of rotatable bonds is 7. The molecular weight excluding hydrogens is 294 g/mol. The largest absolute Gasteiger partial charge is 0.382 e. The third-order valence-electron chi connectivity index (χ3n) is 4.44. The van der Waals surface area contributed by atoms with E-state index in [1.165, 1.54) is 0 Å². The van der Waals surface area contributed by atoms with E-state index < -0.39 is 0 Å². The minimum absolute atomic E-state index is 0.0410. The smallest absolute Gasteiger partial charge is 0.317 e. The molecule has 2 aliphatic rings. The molecule has 2 heterocycles. The number of likely N-dealkylation sites (tertiary alicyclic amines) is 1. The summed E-state index contributed by atoms with van der Waals surface area (Å²) in [6.07, 6.45) is 7.51. The van der Waals surface area contributed by atoms with Gasteiger partial charge in [0, 0.05) is 32.1 Å². The van der Waals surface area contributed by atoms with Crippen LogP contribution >= 0.6 is 0 Å². The molecule has 6 heteroatoms. The fourth-order valence-electron chi connectivity index (χ4n) is 3.04. The number of ether oxygens (including phenoxy) is 2. The Morgan fingerprint density at radius 3 is 2.96 bits per heavy atom. The summed E-state index contributed by atoms with van der Waals surface area (Å²) in [5, 5.41) is 3.09. The van der Waals surface area contributed by atoms with E-state index in [1.54, 1.807) is 13.3 Å². The van der Waals surface area contributed by atoms with Crippen molar-refractivity contribution in [3.8, 4) is 0 Å². The fourth-order valence-corrected chi connectivity index (χ4v) is 3.04. The quantitative estimate of drug-likeness (QED) is 0.776. The Bertz CT molecular complexity index is 507. The van der Waals surface area contributed by atoms with Gasteiger partial charge in [-0.2, -0.15) is 0 Å². The number of amides is 2.